The molecule has 1 heterocycles. The largest absolute Gasteiger partial charge is 0.487 e. The van der Waals surface area contributed by atoms with Gasteiger partial charge in [-0.25, -0.2) is 9.48 Å². The van der Waals surface area contributed by atoms with Gasteiger partial charge in [-0.15, -0.1) is 0 Å². The summed E-state index contributed by atoms with van der Waals surface area (Å²) in [6.07, 6.45) is 4.82. The predicted octanol–water partition coefficient (Wildman–Crippen LogP) is 5.32. The minimum Gasteiger partial charge on any atom is -0.487 e. The van der Waals surface area contributed by atoms with Crippen LogP contribution in [-0.2, 0) is 0 Å². The van der Waals surface area contributed by atoms with Crippen molar-refractivity contribution in [3.05, 3.63) is 125 Å². The van der Waals surface area contributed by atoms with Crippen LogP contribution >= 0.6 is 0 Å². The van der Waals surface area contributed by atoms with Crippen LogP contribution in [0.5, 0.6) is 11.5 Å². The van der Waals surface area contributed by atoms with E-state index in [1.165, 1.54) is 23.0 Å². The highest BCUT2D eigenvalue weighted by atomic mass is 16.5. The maximum atomic E-state index is 12.8. The fourth-order valence-corrected chi connectivity index (χ4v) is 3.38. The van der Waals surface area contributed by atoms with Crippen molar-refractivity contribution in [3.63, 3.8) is 0 Å². The number of aromatic nitrogens is 2. The number of hydrogen-bond acceptors (Lipinski definition) is 6. The summed E-state index contributed by atoms with van der Waals surface area (Å²) >= 11 is 0. The molecule has 4 aromatic rings. The molecule has 0 spiro atoms. The number of para-hydroxylation sites is 4. The van der Waals surface area contributed by atoms with Crippen LogP contribution in [0, 0.1) is 6.92 Å². The van der Waals surface area contributed by atoms with Crippen LogP contribution in [0.3, 0.4) is 0 Å². The first-order chi connectivity index (χ1) is 18.8. The second-order valence-electron chi connectivity index (χ2n) is 8.11. The van der Waals surface area contributed by atoms with Crippen LogP contribution in [0.4, 0.5) is 11.4 Å². The number of nitrogens with two attached hydrogens (primary N) is 1. The highest BCUT2D eigenvalue weighted by Gasteiger charge is 2.12. The minimum absolute atomic E-state index is 0.151. The van der Waals surface area contributed by atoms with E-state index in [1.54, 1.807) is 49.4 Å². The molecule has 0 bridgehead atoms. The number of carboxylic acids is 1. The Hall–Kier alpha value is -5.31. The summed E-state index contributed by atoms with van der Waals surface area (Å²) in [6.45, 7) is 9.78. The number of benzene rings is 3. The third kappa shape index (κ3) is 7.59. The van der Waals surface area contributed by atoms with Crippen LogP contribution < -0.4 is 20.8 Å². The number of anilines is 1. The lowest BCUT2D eigenvalue weighted by molar-refractivity contribution is 0.0697. The number of aliphatic imine (C=N–C) groups is 1. The third-order valence-electron chi connectivity index (χ3n) is 5.32. The molecule has 4 rings (SSSR count). The SMILES string of the molecule is C=CCOc1ccccc1N.C=CCOc1ccccc1N=Cc1c(C)[nH]n(-c2ccc(C(=O)O)cc2)c1=O. The number of ether oxygens (including phenoxy) is 2. The minimum atomic E-state index is -1.02. The van der Waals surface area contributed by atoms with Crippen molar-refractivity contribution in [2.24, 2.45) is 4.99 Å². The molecule has 0 saturated heterocycles. The molecular formula is C30H30N4O5. The van der Waals surface area contributed by atoms with Crippen LogP contribution in [0.2, 0.25) is 0 Å². The number of nitrogen functional groups attached to an aromatic ring is 1. The van der Waals surface area contributed by atoms with Crippen molar-refractivity contribution in [2.75, 3.05) is 18.9 Å². The Bertz CT molecular complexity index is 1520. The van der Waals surface area contributed by atoms with Crippen molar-refractivity contribution < 1.29 is 19.4 Å². The highest BCUT2D eigenvalue weighted by molar-refractivity contribution is 5.87. The van der Waals surface area contributed by atoms with Gasteiger partial charge in [-0.3, -0.25) is 14.9 Å². The second-order valence-corrected chi connectivity index (χ2v) is 8.11. The van der Waals surface area contributed by atoms with Crippen LogP contribution in [-0.4, -0.2) is 40.3 Å². The molecule has 0 unspecified atom stereocenters. The lowest BCUT2D eigenvalue weighted by Crippen LogP contribution is -2.17. The average molecular weight is 527 g/mol. The molecule has 0 saturated carbocycles. The molecule has 200 valence electrons. The van der Waals surface area contributed by atoms with Crippen molar-refractivity contribution in [3.8, 4) is 17.2 Å². The number of carbonyl (C=O) groups is 1. The molecule has 0 aliphatic heterocycles. The topological polar surface area (TPSA) is 132 Å². The van der Waals surface area contributed by atoms with E-state index in [1.807, 2.05) is 30.3 Å². The first-order valence-electron chi connectivity index (χ1n) is 12.0. The monoisotopic (exact) mass is 526 g/mol. The number of aromatic amines is 1. The normalized spacial score (nSPS) is 10.4. The molecule has 0 amide bonds. The number of rotatable bonds is 10. The number of aryl methyl sites for hydroxylation is 1. The Morgan fingerprint density at radius 1 is 0.974 bits per heavy atom. The quantitative estimate of drug-likeness (QED) is 0.146. The predicted molar refractivity (Wildman–Crippen MR) is 154 cm³/mol. The Kier molecular flexibility index (Phi) is 10.0. The molecule has 1 aromatic heterocycles. The van der Waals surface area contributed by atoms with Crippen molar-refractivity contribution in [2.45, 2.75) is 6.92 Å². The van der Waals surface area contributed by atoms with Gasteiger partial charge in [0.1, 0.15) is 30.4 Å². The van der Waals surface area contributed by atoms with Gasteiger partial charge in [-0.1, -0.05) is 49.6 Å². The maximum absolute atomic E-state index is 12.8. The summed E-state index contributed by atoms with van der Waals surface area (Å²) in [6, 6.07) is 20.7. The summed E-state index contributed by atoms with van der Waals surface area (Å²) in [5.74, 6) is 0.288. The van der Waals surface area contributed by atoms with E-state index < -0.39 is 5.97 Å². The molecule has 0 aliphatic carbocycles. The fraction of sp³-hybridized carbons (Fsp3) is 0.100. The molecule has 9 nitrogen and oxygen atoms in total. The smallest absolute Gasteiger partial charge is 0.335 e. The van der Waals surface area contributed by atoms with Gasteiger partial charge in [0.2, 0.25) is 0 Å². The number of carboxylic acid groups (broad SMARTS) is 1. The fourth-order valence-electron chi connectivity index (χ4n) is 3.38. The number of nitrogens with one attached hydrogen (secondary N) is 1. The molecule has 39 heavy (non-hydrogen) atoms. The van der Waals surface area contributed by atoms with E-state index in [4.69, 9.17) is 20.3 Å². The van der Waals surface area contributed by atoms with Crippen LogP contribution in [0.1, 0.15) is 21.6 Å². The van der Waals surface area contributed by atoms with Crippen LogP contribution in [0.25, 0.3) is 5.69 Å². The van der Waals surface area contributed by atoms with Gasteiger partial charge in [0.25, 0.3) is 5.56 Å². The lowest BCUT2D eigenvalue weighted by atomic mass is 10.2. The third-order valence-corrected chi connectivity index (χ3v) is 5.32. The Balaban J connectivity index is 0.000000320. The Labute approximate surface area is 226 Å². The number of H-pyrrole nitrogens is 1. The zero-order valence-corrected chi connectivity index (χ0v) is 21.5. The summed E-state index contributed by atoms with van der Waals surface area (Å²) < 4.78 is 12.2. The van der Waals surface area contributed by atoms with E-state index in [0.29, 0.717) is 53.0 Å². The maximum Gasteiger partial charge on any atom is 0.335 e. The van der Waals surface area contributed by atoms with Gasteiger partial charge >= 0.3 is 5.97 Å². The number of nitrogens with zero attached hydrogens (tertiary/aromatic N) is 2. The summed E-state index contributed by atoms with van der Waals surface area (Å²) in [5.41, 5.74) is 8.31. The first kappa shape index (κ1) is 28.3. The van der Waals surface area contributed by atoms with Crippen LogP contribution in [0.15, 0.2) is 108 Å². The average Bonchev–Trinajstić information content (AvgIpc) is 3.23. The standard InChI is InChI=1S/C21H19N3O4.C9H11NO/c1-3-12-28-19-7-5-4-6-18(19)22-13-17-14(2)23-24(20(17)25)16-10-8-15(9-11-16)21(26)27;1-2-7-11-9-6-4-3-5-8(9)10/h3-11,13,23H,1,12H2,2H3,(H,26,27);2-6H,1,7,10H2. The van der Waals surface area contributed by atoms with E-state index in [-0.39, 0.29) is 11.1 Å². The molecule has 0 aliphatic rings. The molecule has 4 N–H and O–H groups in total. The van der Waals surface area contributed by atoms with E-state index >= 15 is 0 Å². The molecule has 0 atom stereocenters. The van der Waals surface area contributed by atoms with Crippen molar-refractivity contribution in [1.82, 2.24) is 9.78 Å². The van der Waals surface area contributed by atoms with Gasteiger partial charge in [0.15, 0.2) is 0 Å². The summed E-state index contributed by atoms with van der Waals surface area (Å²) in [4.78, 5) is 28.1. The lowest BCUT2D eigenvalue weighted by Gasteiger charge is -2.05. The van der Waals surface area contributed by atoms with E-state index in [9.17, 15) is 9.59 Å². The highest BCUT2D eigenvalue weighted by Crippen LogP contribution is 2.26. The first-order valence-corrected chi connectivity index (χ1v) is 12.0. The van der Waals surface area contributed by atoms with Gasteiger partial charge in [0, 0.05) is 11.9 Å². The summed E-state index contributed by atoms with van der Waals surface area (Å²) in [5, 5.41) is 12.0. The molecular weight excluding hydrogens is 496 g/mol. The van der Waals surface area contributed by atoms with Gasteiger partial charge in [-0.2, -0.15) is 0 Å². The van der Waals surface area contributed by atoms with Crippen molar-refractivity contribution in [1.29, 1.82) is 0 Å². The number of aromatic carboxylic acids is 1. The van der Waals surface area contributed by atoms with E-state index in [0.717, 1.165) is 0 Å². The van der Waals surface area contributed by atoms with Gasteiger partial charge in [0.05, 0.1) is 22.5 Å². The second kappa shape index (κ2) is 13.8. The molecule has 0 radical (unpaired) electrons. The Morgan fingerprint density at radius 3 is 2.18 bits per heavy atom. The van der Waals surface area contributed by atoms with E-state index in [2.05, 4.69) is 23.2 Å². The molecule has 3 aromatic carbocycles. The van der Waals surface area contributed by atoms with Crippen molar-refractivity contribution >= 4 is 23.6 Å². The van der Waals surface area contributed by atoms with Gasteiger partial charge in [-0.05, 0) is 55.5 Å². The zero-order valence-electron chi connectivity index (χ0n) is 21.5. The van der Waals surface area contributed by atoms with Gasteiger partial charge < -0.3 is 20.3 Å². The summed E-state index contributed by atoms with van der Waals surface area (Å²) in [7, 11) is 0. The molecule has 0 fully saturated rings. The molecule has 9 heteroatoms. The zero-order chi connectivity index (χ0) is 28.2. The Morgan fingerprint density at radius 2 is 1.56 bits per heavy atom. The number of hydrogen-bond donors (Lipinski definition) is 3.